The van der Waals surface area contributed by atoms with Crippen molar-refractivity contribution in [3.05, 3.63) is 22.4 Å². The van der Waals surface area contributed by atoms with Gasteiger partial charge >= 0.3 is 0 Å². The lowest BCUT2D eigenvalue weighted by Crippen LogP contribution is -2.47. The smallest absolute Gasteiger partial charge is 0.0580 e. The Bertz CT molecular complexity index is 313. The monoisotopic (exact) mass is 270 g/mol. The maximum absolute atomic E-state index is 3.73. The molecule has 0 amide bonds. The van der Waals surface area contributed by atoms with Gasteiger partial charge in [0.15, 0.2) is 0 Å². The van der Waals surface area contributed by atoms with Crippen molar-refractivity contribution in [2.45, 2.75) is 25.4 Å². The minimum Gasteiger partial charge on any atom is -0.308 e. The summed E-state index contributed by atoms with van der Waals surface area (Å²) in [6, 6.07) is 5.58. The third-order valence-electron chi connectivity index (χ3n) is 3.29. The largest absolute Gasteiger partial charge is 0.308 e. The normalized spacial score (nSPS) is 23.8. The van der Waals surface area contributed by atoms with Crippen LogP contribution in [-0.4, -0.2) is 42.6 Å². The van der Waals surface area contributed by atoms with Crippen LogP contribution in [0.2, 0.25) is 0 Å². The quantitative estimate of drug-likeness (QED) is 0.886. The molecule has 1 aromatic heterocycles. The van der Waals surface area contributed by atoms with Crippen LogP contribution in [0.4, 0.5) is 0 Å². The Balaban J connectivity index is 2.08. The van der Waals surface area contributed by atoms with Crippen molar-refractivity contribution in [3.8, 4) is 0 Å². The standard InChI is InChI=1S/C13H22N2S2/c1-3-6-14-13(12-5-4-8-17-12)11-10-16-9-7-15(11)2/h4-5,8,11,13-14H,3,6-7,9-10H2,1-2H3. The third kappa shape index (κ3) is 3.47. The number of thioether (sulfide) groups is 1. The van der Waals surface area contributed by atoms with E-state index in [9.17, 15) is 0 Å². The summed E-state index contributed by atoms with van der Waals surface area (Å²) < 4.78 is 0. The second kappa shape index (κ2) is 6.78. The molecule has 0 bridgehead atoms. The zero-order valence-electron chi connectivity index (χ0n) is 10.7. The van der Waals surface area contributed by atoms with Gasteiger partial charge in [0.1, 0.15) is 0 Å². The molecular weight excluding hydrogens is 248 g/mol. The van der Waals surface area contributed by atoms with E-state index in [0.717, 1.165) is 6.54 Å². The van der Waals surface area contributed by atoms with Gasteiger partial charge in [0.05, 0.1) is 6.04 Å². The first kappa shape index (κ1) is 13.4. The molecule has 1 aromatic rings. The molecule has 17 heavy (non-hydrogen) atoms. The minimum absolute atomic E-state index is 0.507. The van der Waals surface area contributed by atoms with Crippen molar-refractivity contribution >= 4 is 23.1 Å². The average molecular weight is 270 g/mol. The third-order valence-corrected chi connectivity index (χ3v) is 5.30. The molecule has 4 heteroatoms. The van der Waals surface area contributed by atoms with Crippen LogP contribution in [0.25, 0.3) is 0 Å². The molecule has 2 rings (SSSR count). The Morgan fingerprint density at radius 2 is 2.47 bits per heavy atom. The van der Waals surface area contributed by atoms with Crippen LogP contribution in [-0.2, 0) is 0 Å². The van der Waals surface area contributed by atoms with E-state index in [0.29, 0.717) is 12.1 Å². The molecule has 1 saturated heterocycles. The van der Waals surface area contributed by atoms with E-state index in [1.807, 2.05) is 11.3 Å². The number of thiophene rings is 1. The lowest BCUT2D eigenvalue weighted by Gasteiger charge is -2.37. The summed E-state index contributed by atoms with van der Waals surface area (Å²) in [7, 11) is 2.26. The van der Waals surface area contributed by atoms with Crippen LogP contribution < -0.4 is 5.32 Å². The van der Waals surface area contributed by atoms with Gasteiger partial charge in [-0.25, -0.2) is 0 Å². The fourth-order valence-corrected chi connectivity index (χ4v) is 4.38. The van der Waals surface area contributed by atoms with Crippen molar-refractivity contribution in [1.29, 1.82) is 0 Å². The molecule has 1 aliphatic rings. The Kier molecular flexibility index (Phi) is 5.35. The summed E-state index contributed by atoms with van der Waals surface area (Å²) in [4.78, 5) is 4.00. The second-order valence-corrected chi connectivity index (χ2v) is 6.70. The maximum Gasteiger partial charge on any atom is 0.0580 e. The molecule has 2 nitrogen and oxygen atoms in total. The minimum atomic E-state index is 0.507. The highest BCUT2D eigenvalue weighted by Crippen LogP contribution is 2.29. The van der Waals surface area contributed by atoms with E-state index >= 15 is 0 Å². The van der Waals surface area contributed by atoms with Gasteiger partial charge in [0, 0.05) is 29.0 Å². The Labute approximate surface area is 113 Å². The van der Waals surface area contributed by atoms with E-state index in [1.54, 1.807) is 0 Å². The van der Waals surface area contributed by atoms with Crippen LogP contribution in [0.3, 0.4) is 0 Å². The summed E-state index contributed by atoms with van der Waals surface area (Å²) >= 11 is 3.97. The molecule has 1 aliphatic heterocycles. The molecule has 0 aromatic carbocycles. The number of hydrogen-bond donors (Lipinski definition) is 1. The SMILES string of the molecule is CCCNC(c1cccs1)C1CSCCN1C. The maximum atomic E-state index is 3.73. The van der Waals surface area contributed by atoms with Crippen molar-refractivity contribution in [2.75, 3.05) is 31.6 Å². The van der Waals surface area contributed by atoms with Crippen molar-refractivity contribution in [3.63, 3.8) is 0 Å². The fraction of sp³-hybridized carbons (Fsp3) is 0.692. The van der Waals surface area contributed by atoms with E-state index in [1.165, 1.54) is 29.3 Å². The zero-order valence-corrected chi connectivity index (χ0v) is 12.3. The predicted molar refractivity (Wildman–Crippen MR) is 79.1 cm³/mol. The summed E-state index contributed by atoms with van der Waals surface area (Å²) in [6.45, 7) is 4.56. The fourth-order valence-electron chi connectivity index (χ4n) is 2.25. The van der Waals surface area contributed by atoms with Crippen molar-refractivity contribution in [2.24, 2.45) is 0 Å². The first-order valence-corrected chi connectivity index (χ1v) is 8.41. The number of nitrogens with one attached hydrogen (secondary N) is 1. The molecule has 2 unspecified atom stereocenters. The van der Waals surface area contributed by atoms with Crippen LogP contribution in [0.5, 0.6) is 0 Å². The van der Waals surface area contributed by atoms with Gasteiger partial charge in [-0.1, -0.05) is 13.0 Å². The summed E-state index contributed by atoms with van der Waals surface area (Å²) in [5, 5.41) is 5.91. The predicted octanol–water partition coefficient (Wildman–Crippen LogP) is 2.84. The Morgan fingerprint density at radius 1 is 1.59 bits per heavy atom. The van der Waals surface area contributed by atoms with Gasteiger partial charge < -0.3 is 5.32 Å². The van der Waals surface area contributed by atoms with Gasteiger partial charge in [-0.2, -0.15) is 11.8 Å². The van der Waals surface area contributed by atoms with Crippen molar-refractivity contribution in [1.82, 2.24) is 10.2 Å². The number of likely N-dealkylation sites (N-methyl/N-ethyl adjacent to an activating group) is 1. The van der Waals surface area contributed by atoms with Gasteiger partial charge in [0.2, 0.25) is 0 Å². The second-order valence-electron chi connectivity index (χ2n) is 4.57. The molecule has 0 spiro atoms. The van der Waals surface area contributed by atoms with Gasteiger partial charge in [-0.15, -0.1) is 11.3 Å². The van der Waals surface area contributed by atoms with Crippen molar-refractivity contribution < 1.29 is 0 Å². The first-order chi connectivity index (χ1) is 8.33. The number of nitrogens with zero attached hydrogens (tertiary/aromatic N) is 1. The lowest BCUT2D eigenvalue weighted by atomic mass is 10.1. The topological polar surface area (TPSA) is 15.3 Å². The average Bonchev–Trinajstić information content (AvgIpc) is 2.85. The van der Waals surface area contributed by atoms with Crippen LogP contribution in [0.1, 0.15) is 24.3 Å². The highest BCUT2D eigenvalue weighted by atomic mass is 32.2. The summed E-state index contributed by atoms with van der Waals surface area (Å²) in [5.74, 6) is 2.52. The zero-order chi connectivity index (χ0) is 12.1. The highest BCUT2D eigenvalue weighted by Gasteiger charge is 2.29. The molecule has 0 radical (unpaired) electrons. The summed E-state index contributed by atoms with van der Waals surface area (Å²) in [5.41, 5.74) is 0. The molecule has 1 N–H and O–H groups in total. The van der Waals surface area contributed by atoms with Gasteiger partial charge in [-0.05, 0) is 31.5 Å². The van der Waals surface area contributed by atoms with Crippen LogP contribution in [0.15, 0.2) is 17.5 Å². The number of rotatable bonds is 5. The number of hydrogen-bond acceptors (Lipinski definition) is 4. The van der Waals surface area contributed by atoms with E-state index < -0.39 is 0 Å². The van der Waals surface area contributed by atoms with E-state index in [4.69, 9.17) is 0 Å². The molecule has 0 saturated carbocycles. The lowest BCUT2D eigenvalue weighted by molar-refractivity contribution is 0.217. The Morgan fingerprint density at radius 3 is 3.12 bits per heavy atom. The summed E-state index contributed by atoms with van der Waals surface area (Å²) in [6.07, 6.45) is 1.20. The molecule has 0 aliphatic carbocycles. The van der Waals surface area contributed by atoms with Crippen LogP contribution >= 0.6 is 23.1 Å². The highest BCUT2D eigenvalue weighted by molar-refractivity contribution is 7.99. The molecular formula is C13H22N2S2. The first-order valence-electron chi connectivity index (χ1n) is 6.37. The molecule has 2 atom stereocenters. The molecule has 1 fully saturated rings. The van der Waals surface area contributed by atoms with E-state index in [2.05, 4.69) is 53.5 Å². The van der Waals surface area contributed by atoms with Gasteiger partial charge in [-0.3, -0.25) is 4.90 Å². The molecule has 96 valence electrons. The van der Waals surface area contributed by atoms with Crippen LogP contribution in [0, 0.1) is 0 Å². The van der Waals surface area contributed by atoms with E-state index in [-0.39, 0.29) is 0 Å². The Hall–Kier alpha value is -0.0300. The van der Waals surface area contributed by atoms with Gasteiger partial charge in [0.25, 0.3) is 0 Å². The molecule has 2 heterocycles.